The van der Waals surface area contributed by atoms with Gasteiger partial charge in [-0.1, -0.05) is 30.3 Å². The van der Waals surface area contributed by atoms with Gasteiger partial charge in [0.25, 0.3) is 0 Å². The standard InChI is InChI=1S/C37H43N7O4/c1-41(2)22-24-18-25-19-28(48-3)12-13-33(25)43(23-24)35(45)32(20-26-21-38-30-9-5-4-8-29(26)30)40-36(46)42-16-14-27(15-17-42)44-34-11-7-6-10-31(34)39-37(44)47/h4-13,19,21,24,27,32,38H,14-18,20,22-23H2,1-3H3,(H,39,47)(H,40,46)/t24-,32-/m1/s1. The number of nitrogens with one attached hydrogen (secondary N) is 3. The van der Waals surface area contributed by atoms with Crippen molar-refractivity contribution in [3.05, 3.63) is 94.5 Å². The van der Waals surface area contributed by atoms with Gasteiger partial charge in [-0.2, -0.15) is 0 Å². The summed E-state index contributed by atoms with van der Waals surface area (Å²) < 4.78 is 7.35. The van der Waals surface area contributed by atoms with Gasteiger partial charge in [0, 0.05) is 61.4 Å². The van der Waals surface area contributed by atoms with Crippen molar-refractivity contribution in [2.75, 3.05) is 52.3 Å². The highest BCUT2D eigenvalue weighted by atomic mass is 16.5. The van der Waals surface area contributed by atoms with Crippen molar-refractivity contribution in [1.29, 1.82) is 0 Å². The molecule has 3 amide bonds. The number of hydrogen-bond acceptors (Lipinski definition) is 5. The van der Waals surface area contributed by atoms with Gasteiger partial charge in [0.2, 0.25) is 5.91 Å². The summed E-state index contributed by atoms with van der Waals surface area (Å²) in [7, 11) is 5.75. The number of methoxy groups -OCH3 is 1. The molecule has 2 aromatic heterocycles. The molecule has 48 heavy (non-hydrogen) atoms. The zero-order chi connectivity index (χ0) is 33.4. The van der Waals surface area contributed by atoms with E-state index in [0.29, 0.717) is 38.9 Å². The number of carbonyl (C=O) groups is 2. The predicted molar refractivity (Wildman–Crippen MR) is 188 cm³/mol. The third-order valence-corrected chi connectivity index (χ3v) is 9.85. The van der Waals surface area contributed by atoms with Crippen LogP contribution in [0, 0.1) is 5.92 Å². The van der Waals surface area contributed by atoms with E-state index < -0.39 is 6.04 Å². The monoisotopic (exact) mass is 649 g/mol. The average molecular weight is 650 g/mol. The van der Waals surface area contributed by atoms with Crippen LogP contribution in [0.3, 0.4) is 0 Å². The molecule has 5 aromatic rings. The summed E-state index contributed by atoms with van der Waals surface area (Å²) in [5.74, 6) is 0.845. The molecule has 4 heterocycles. The minimum Gasteiger partial charge on any atom is -0.497 e. The molecule has 0 saturated carbocycles. The van der Waals surface area contributed by atoms with Crippen LogP contribution in [-0.4, -0.2) is 89.7 Å². The van der Waals surface area contributed by atoms with Gasteiger partial charge in [0.05, 0.1) is 18.1 Å². The van der Waals surface area contributed by atoms with Crippen LogP contribution in [0.1, 0.15) is 30.0 Å². The number of nitrogens with zero attached hydrogens (tertiary/aromatic N) is 4. The van der Waals surface area contributed by atoms with Gasteiger partial charge in [-0.15, -0.1) is 0 Å². The SMILES string of the molecule is COc1ccc2c(c1)C[C@H](CN(C)C)CN2C(=O)[C@@H](Cc1c[nH]c2ccccc12)NC(=O)N1CCC(n2c(=O)[nH]c3ccccc32)CC1. The van der Waals surface area contributed by atoms with Crippen LogP contribution in [0.2, 0.25) is 0 Å². The van der Waals surface area contributed by atoms with E-state index in [4.69, 9.17) is 4.74 Å². The van der Waals surface area contributed by atoms with Crippen molar-refractivity contribution in [2.24, 2.45) is 5.92 Å². The second-order valence-corrected chi connectivity index (χ2v) is 13.4. The van der Waals surface area contributed by atoms with Gasteiger partial charge in [-0.25, -0.2) is 9.59 Å². The molecule has 0 radical (unpaired) electrons. The highest BCUT2D eigenvalue weighted by Crippen LogP contribution is 2.34. The third kappa shape index (κ3) is 6.17. The molecule has 0 bridgehead atoms. The van der Waals surface area contributed by atoms with Gasteiger partial charge in [0.1, 0.15) is 11.8 Å². The molecule has 2 aliphatic rings. The van der Waals surface area contributed by atoms with E-state index in [2.05, 4.69) is 20.2 Å². The second-order valence-electron chi connectivity index (χ2n) is 13.4. The zero-order valence-electron chi connectivity index (χ0n) is 27.7. The Balaban J connectivity index is 1.14. The van der Waals surface area contributed by atoms with Crippen molar-refractivity contribution in [3.8, 4) is 5.75 Å². The van der Waals surface area contributed by atoms with Crippen molar-refractivity contribution >= 4 is 39.6 Å². The van der Waals surface area contributed by atoms with Gasteiger partial charge < -0.3 is 34.7 Å². The van der Waals surface area contributed by atoms with Crippen LogP contribution in [0.25, 0.3) is 21.9 Å². The van der Waals surface area contributed by atoms with Crippen molar-refractivity contribution in [1.82, 2.24) is 29.7 Å². The summed E-state index contributed by atoms with van der Waals surface area (Å²) in [5.41, 5.74) is 5.44. The maximum Gasteiger partial charge on any atom is 0.326 e. The molecule has 3 aromatic carbocycles. The summed E-state index contributed by atoms with van der Waals surface area (Å²) >= 11 is 0. The number of H-pyrrole nitrogens is 2. The first-order valence-electron chi connectivity index (χ1n) is 16.7. The Bertz CT molecular complexity index is 2000. The lowest BCUT2D eigenvalue weighted by atomic mass is 9.91. The fourth-order valence-corrected chi connectivity index (χ4v) is 7.61. The summed E-state index contributed by atoms with van der Waals surface area (Å²) in [4.78, 5) is 53.5. The van der Waals surface area contributed by atoms with Crippen molar-refractivity contribution in [2.45, 2.75) is 37.8 Å². The van der Waals surface area contributed by atoms with E-state index in [9.17, 15) is 14.4 Å². The normalized spacial score (nSPS) is 17.5. The first-order chi connectivity index (χ1) is 23.3. The minimum absolute atomic E-state index is 0.0168. The Morgan fingerprint density at radius 1 is 1.02 bits per heavy atom. The summed E-state index contributed by atoms with van der Waals surface area (Å²) in [6, 6.07) is 20.5. The summed E-state index contributed by atoms with van der Waals surface area (Å²) in [6.07, 6.45) is 4.40. The quantitative estimate of drug-likeness (QED) is 0.228. The zero-order valence-corrected chi connectivity index (χ0v) is 27.7. The van der Waals surface area contributed by atoms with Crippen LogP contribution in [-0.2, 0) is 17.6 Å². The lowest BCUT2D eigenvalue weighted by Crippen LogP contribution is -2.56. The number of ether oxygens (including phenoxy) is 1. The van der Waals surface area contributed by atoms with Crippen molar-refractivity contribution < 1.29 is 14.3 Å². The van der Waals surface area contributed by atoms with E-state index in [1.165, 1.54) is 0 Å². The van der Waals surface area contributed by atoms with Crippen LogP contribution < -0.4 is 20.6 Å². The summed E-state index contributed by atoms with van der Waals surface area (Å²) in [6.45, 7) is 2.34. The maximum absolute atomic E-state index is 14.7. The number of anilines is 1. The maximum atomic E-state index is 14.7. The molecule has 0 aliphatic carbocycles. The predicted octanol–water partition coefficient (Wildman–Crippen LogP) is 4.54. The topological polar surface area (TPSA) is 119 Å². The number of imidazole rings is 1. The van der Waals surface area contributed by atoms with E-state index in [1.54, 1.807) is 12.0 Å². The molecule has 7 rings (SSSR count). The largest absolute Gasteiger partial charge is 0.497 e. The number of aromatic amines is 2. The van der Waals surface area contributed by atoms with E-state index in [-0.39, 0.29) is 29.6 Å². The Labute approximate surface area is 279 Å². The molecule has 3 N–H and O–H groups in total. The Morgan fingerprint density at radius 2 is 1.77 bits per heavy atom. The van der Waals surface area contributed by atoms with E-state index >= 15 is 0 Å². The van der Waals surface area contributed by atoms with E-state index in [0.717, 1.165) is 57.5 Å². The number of fused-ring (bicyclic) bond motifs is 3. The molecule has 1 fully saturated rings. The van der Waals surface area contributed by atoms with Gasteiger partial charge in [-0.05, 0) is 86.8 Å². The molecule has 2 atom stereocenters. The fraction of sp³-hybridized carbons (Fsp3) is 0.378. The number of amides is 3. The molecule has 0 unspecified atom stereocenters. The Hall–Kier alpha value is -5.03. The van der Waals surface area contributed by atoms with Gasteiger partial charge in [-0.3, -0.25) is 9.36 Å². The molecular weight excluding hydrogens is 606 g/mol. The Morgan fingerprint density at radius 3 is 2.54 bits per heavy atom. The number of hydrogen-bond donors (Lipinski definition) is 3. The van der Waals surface area contributed by atoms with Crippen molar-refractivity contribution in [3.63, 3.8) is 0 Å². The smallest absolute Gasteiger partial charge is 0.326 e. The number of benzene rings is 3. The number of para-hydroxylation sites is 3. The molecule has 0 spiro atoms. The van der Waals surface area contributed by atoms with Crippen LogP contribution >= 0.6 is 0 Å². The highest BCUT2D eigenvalue weighted by Gasteiger charge is 2.35. The first-order valence-corrected chi connectivity index (χ1v) is 16.7. The summed E-state index contributed by atoms with van der Waals surface area (Å²) in [5, 5.41) is 4.19. The van der Waals surface area contributed by atoms with E-state index in [1.807, 2.05) is 96.5 Å². The average Bonchev–Trinajstić information content (AvgIpc) is 3.66. The lowest BCUT2D eigenvalue weighted by Gasteiger charge is -2.38. The molecular formula is C37H43N7O4. The first kappa shape index (κ1) is 31.6. The van der Waals surface area contributed by atoms with Gasteiger partial charge in [0.15, 0.2) is 0 Å². The molecule has 250 valence electrons. The minimum atomic E-state index is -0.793. The molecule has 11 heteroatoms. The number of urea groups is 1. The molecule has 1 saturated heterocycles. The lowest BCUT2D eigenvalue weighted by molar-refractivity contribution is -0.120. The van der Waals surface area contributed by atoms with Crippen LogP contribution in [0.15, 0.2) is 77.7 Å². The Kier molecular flexibility index (Phi) is 8.70. The van der Waals surface area contributed by atoms with Crippen LogP contribution in [0.5, 0.6) is 5.75 Å². The second kappa shape index (κ2) is 13.2. The number of rotatable bonds is 8. The highest BCUT2D eigenvalue weighted by molar-refractivity contribution is 6.00. The molecule has 11 nitrogen and oxygen atoms in total. The van der Waals surface area contributed by atoms with Gasteiger partial charge >= 0.3 is 11.7 Å². The fourth-order valence-electron chi connectivity index (χ4n) is 7.61. The number of carbonyl (C=O) groups excluding carboxylic acids is 2. The number of likely N-dealkylation sites (tertiary alicyclic amines) is 1. The third-order valence-electron chi connectivity index (χ3n) is 9.85. The number of aromatic nitrogens is 3. The van der Waals surface area contributed by atoms with Crippen LogP contribution in [0.4, 0.5) is 10.5 Å². The molecule has 2 aliphatic heterocycles. The number of piperidine rings is 1.